The van der Waals surface area contributed by atoms with Crippen molar-refractivity contribution in [3.05, 3.63) is 35.5 Å². The van der Waals surface area contributed by atoms with Crippen LogP contribution in [0.15, 0.2) is 30.5 Å². The fraction of sp³-hybridized carbons (Fsp3) is 0.524. The number of nitrogens with zero attached hydrogens (tertiary/aromatic N) is 5. The van der Waals surface area contributed by atoms with Gasteiger partial charge >= 0.3 is 0 Å². The number of hydrogen-bond acceptors (Lipinski definition) is 8. The highest BCUT2D eigenvalue weighted by Gasteiger charge is 2.29. The number of nitrogens with one attached hydrogen (secondary N) is 1. The Hall–Kier alpha value is -2.33. The topological polar surface area (TPSA) is 104 Å². The molecule has 0 aliphatic carbocycles. The first-order valence-electron chi connectivity index (χ1n) is 10.5. The summed E-state index contributed by atoms with van der Waals surface area (Å²) in [6.07, 6.45) is 1.62. The minimum absolute atomic E-state index is 0.0751. The molecule has 1 aromatic carbocycles. The molecule has 31 heavy (non-hydrogen) atoms. The van der Waals surface area contributed by atoms with Crippen LogP contribution < -0.4 is 10.2 Å². The summed E-state index contributed by atoms with van der Waals surface area (Å²) in [6, 6.07) is 7.36. The van der Waals surface area contributed by atoms with E-state index in [4.69, 9.17) is 16.3 Å². The van der Waals surface area contributed by atoms with Crippen LogP contribution in [0.5, 0.6) is 0 Å². The number of carbonyl (C=O) groups is 1. The van der Waals surface area contributed by atoms with E-state index in [1.807, 2.05) is 24.3 Å². The molecule has 2 aromatic rings. The van der Waals surface area contributed by atoms with Crippen molar-refractivity contribution in [3.63, 3.8) is 0 Å². The number of aliphatic hydroxyl groups excluding tert-OH is 1. The second-order valence-electron chi connectivity index (χ2n) is 8.02. The first kappa shape index (κ1) is 21.9. The summed E-state index contributed by atoms with van der Waals surface area (Å²) in [5, 5.41) is 21.9. The van der Waals surface area contributed by atoms with Gasteiger partial charge < -0.3 is 20.1 Å². The summed E-state index contributed by atoms with van der Waals surface area (Å²) >= 11 is 5.97. The number of ether oxygens (including phenoxy) is 1. The highest BCUT2D eigenvalue weighted by atomic mass is 35.5. The molecule has 2 saturated heterocycles. The van der Waals surface area contributed by atoms with Crippen LogP contribution in [0.1, 0.15) is 13.3 Å². The average molecular weight is 447 g/mol. The maximum absolute atomic E-state index is 12.5. The quantitative estimate of drug-likeness (QED) is 0.700. The number of aliphatic hydroxyl groups is 1. The van der Waals surface area contributed by atoms with E-state index in [1.54, 1.807) is 6.20 Å². The zero-order valence-corrected chi connectivity index (χ0v) is 18.2. The highest BCUT2D eigenvalue weighted by molar-refractivity contribution is 6.30. The minimum Gasteiger partial charge on any atom is -0.389 e. The molecule has 0 saturated carbocycles. The first-order valence-corrected chi connectivity index (χ1v) is 10.9. The SMILES string of the molecule is C[C@@H]1CN(c2nncc(-c3ccc(Cl)cc3)n2)CCN1CC(=O)N[C@H]1CCOC[C@@H]1O. The number of piperazine rings is 1. The fourth-order valence-corrected chi connectivity index (χ4v) is 4.05. The Morgan fingerprint density at radius 2 is 2.13 bits per heavy atom. The summed E-state index contributed by atoms with van der Waals surface area (Å²) in [5.41, 5.74) is 1.67. The highest BCUT2D eigenvalue weighted by Crippen LogP contribution is 2.21. The van der Waals surface area contributed by atoms with Crippen LogP contribution >= 0.6 is 11.6 Å². The Morgan fingerprint density at radius 1 is 1.32 bits per heavy atom. The van der Waals surface area contributed by atoms with E-state index in [0.717, 1.165) is 11.3 Å². The van der Waals surface area contributed by atoms with E-state index in [2.05, 4.69) is 37.2 Å². The van der Waals surface area contributed by atoms with E-state index in [-0.39, 0.29) is 24.6 Å². The molecule has 9 nitrogen and oxygen atoms in total. The standard InChI is InChI=1S/C21H27ClN6O3/c1-14-11-28(21-25-18(10-23-26-21)15-2-4-16(22)5-3-15)8-7-27(14)12-20(30)24-17-6-9-31-13-19(17)29/h2-5,10,14,17,19,29H,6-9,11-13H2,1H3,(H,24,30)/t14-,17+,19+/m1/s1. The molecule has 2 N–H and O–H groups in total. The number of rotatable bonds is 5. The van der Waals surface area contributed by atoms with Gasteiger partial charge in [-0.15, -0.1) is 5.10 Å². The monoisotopic (exact) mass is 446 g/mol. The van der Waals surface area contributed by atoms with Crippen molar-refractivity contribution in [2.45, 2.75) is 31.5 Å². The lowest BCUT2D eigenvalue weighted by molar-refractivity contribution is -0.126. The maximum atomic E-state index is 12.5. The molecule has 1 amide bonds. The summed E-state index contributed by atoms with van der Waals surface area (Å²) in [4.78, 5) is 21.4. The number of benzene rings is 1. The van der Waals surface area contributed by atoms with Crippen LogP contribution in [0.2, 0.25) is 5.02 Å². The summed E-state index contributed by atoms with van der Waals surface area (Å²) in [7, 11) is 0. The number of amides is 1. The van der Waals surface area contributed by atoms with Crippen LogP contribution in [-0.4, -0.2) is 88.7 Å². The van der Waals surface area contributed by atoms with Crippen molar-refractivity contribution < 1.29 is 14.6 Å². The minimum atomic E-state index is -0.649. The smallest absolute Gasteiger partial charge is 0.246 e. The normalized spacial score (nSPS) is 24.7. The molecule has 2 fully saturated rings. The molecular formula is C21H27ClN6O3. The van der Waals surface area contributed by atoms with Gasteiger partial charge in [-0.3, -0.25) is 9.69 Å². The lowest BCUT2D eigenvalue weighted by atomic mass is 10.1. The zero-order chi connectivity index (χ0) is 21.8. The summed E-state index contributed by atoms with van der Waals surface area (Å²) < 4.78 is 5.22. The van der Waals surface area contributed by atoms with Crippen LogP contribution in [0, 0.1) is 0 Å². The van der Waals surface area contributed by atoms with Crippen LogP contribution in [0.3, 0.4) is 0 Å². The Bertz CT molecular complexity index is 899. The Labute approximate surface area is 186 Å². The molecule has 10 heteroatoms. The van der Waals surface area contributed by atoms with Gasteiger partial charge in [0, 0.05) is 42.9 Å². The summed E-state index contributed by atoms with van der Waals surface area (Å²) in [6.45, 7) is 5.30. The molecule has 1 aromatic heterocycles. The van der Waals surface area contributed by atoms with Crippen molar-refractivity contribution in [2.24, 2.45) is 0 Å². The lowest BCUT2D eigenvalue weighted by Crippen LogP contribution is -2.56. The van der Waals surface area contributed by atoms with Gasteiger partial charge in [0.05, 0.1) is 37.2 Å². The van der Waals surface area contributed by atoms with Gasteiger partial charge in [-0.2, -0.15) is 5.10 Å². The number of anilines is 1. The van der Waals surface area contributed by atoms with E-state index in [0.29, 0.717) is 50.2 Å². The molecule has 2 aliphatic heterocycles. The molecule has 0 spiro atoms. The predicted molar refractivity (Wildman–Crippen MR) is 117 cm³/mol. The zero-order valence-electron chi connectivity index (χ0n) is 17.4. The van der Waals surface area contributed by atoms with Gasteiger partial charge in [0.2, 0.25) is 11.9 Å². The van der Waals surface area contributed by atoms with Crippen molar-refractivity contribution >= 4 is 23.5 Å². The molecule has 4 rings (SSSR count). The summed E-state index contributed by atoms with van der Waals surface area (Å²) in [5.74, 6) is 0.502. The fourth-order valence-electron chi connectivity index (χ4n) is 3.93. The lowest BCUT2D eigenvalue weighted by Gasteiger charge is -2.39. The molecule has 166 valence electrons. The second kappa shape index (κ2) is 9.86. The van der Waals surface area contributed by atoms with Gasteiger partial charge in [-0.05, 0) is 25.5 Å². The Balaban J connectivity index is 1.34. The van der Waals surface area contributed by atoms with Crippen molar-refractivity contribution in [3.8, 4) is 11.3 Å². The first-order chi connectivity index (χ1) is 15.0. The number of halogens is 1. The molecule has 0 unspecified atom stereocenters. The van der Waals surface area contributed by atoms with Gasteiger partial charge in [0.1, 0.15) is 0 Å². The van der Waals surface area contributed by atoms with E-state index in [1.165, 1.54) is 0 Å². The molecule has 3 heterocycles. The van der Waals surface area contributed by atoms with Crippen molar-refractivity contribution in [1.82, 2.24) is 25.4 Å². The second-order valence-corrected chi connectivity index (χ2v) is 8.46. The van der Waals surface area contributed by atoms with E-state index >= 15 is 0 Å². The van der Waals surface area contributed by atoms with Crippen LogP contribution in [0.4, 0.5) is 5.95 Å². The van der Waals surface area contributed by atoms with Crippen molar-refractivity contribution in [2.75, 3.05) is 44.3 Å². The van der Waals surface area contributed by atoms with E-state index in [9.17, 15) is 9.90 Å². The molecule has 2 aliphatic rings. The third kappa shape index (κ3) is 5.48. The predicted octanol–water partition coefficient (Wildman–Crippen LogP) is 0.968. The van der Waals surface area contributed by atoms with Gasteiger partial charge in [-0.1, -0.05) is 23.7 Å². The van der Waals surface area contributed by atoms with Crippen molar-refractivity contribution in [1.29, 1.82) is 0 Å². The number of carbonyl (C=O) groups excluding carboxylic acids is 1. The number of aromatic nitrogens is 3. The average Bonchev–Trinajstić information content (AvgIpc) is 2.77. The largest absolute Gasteiger partial charge is 0.389 e. The van der Waals surface area contributed by atoms with Gasteiger partial charge in [-0.25, -0.2) is 4.98 Å². The molecule has 0 radical (unpaired) electrons. The maximum Gasteiger partial charge on any atom is 0.246 e. The number of hydrogen-bond donors (Lipinski definition) is 2. The van der Waals surface area contributed by atoms with Crippen LogP contribution in [-0.2, 0) is 9.53 Å². The third-order valence-electron chi connectivity index (χ3n) is 5.75. The Morgan fingerprint density at radius 3 is 2.87 bits per heavy atom. The molecular weight excluding hydrogens is 420 g/mol. The van der Waals surface area contributed by atoms with Gasteiger partial charge in [0.25, 0.3) is 0 Å². The Kier molecular flexibility index (Phi) is 6.96. The molecule has 3 atom stereocenters. The molecule has 0 bridgehead atoms. The van der Waals surface area contributed by atoms with Crippen LogP contribution in [0.25, 0.3) is 11.3 Å². The van der Waals surface area contributed by atoms with Gasteiger partial charge in [0.15, 0.2) is 0 Å². The van der Waals surface area contributed by atoms with E-state index < -0.39 is 6.10 Å². The third-order valence-corrected chi connectivity index (χ3v) is 6.01.